The van der Waals surface area contributed by atoms with Gasteiger partial charge in [0, 0.05) is 5.56 Å². The van der Waals surface area contributed by atoms with E-state index < -0.39 is 10.0 Å². The molecule has 0 radical (unpaired) electrons. The van der Waals surface area contributed by atoms with Crippen molar-refractivity contribution >= 4 is 15.8 Å². The van der Waals surface area contributed by atoms with Crippen molar-refractivity contribution in [3.8, 4) is 22.6 Å². The molecular formula is C17H17N3O4S. The monoisotopic (exact) mass is 359 g/mol. The second-order valence-electron chi connectivity index (χ2n) is 5.21. The Labute approximate surface area is 145 Å². The van der Waals surface area contributed by atoms with Gasteiger partial charge in [0.1, 0.15) is 11.5 Å². The lowest BCUT2D eigenvalue weighted by molar-refractivity contribution is 0.414. The summed E-state index contributed by atoms with van der Waals surface area (Å²) in [5.74, 6) is 1.32. The molecule has 8 heteroatoms. The molecule has 0 fully saturated rings. The van der Waals surface area contributed by atoms with E-state index in [1.54, 1.807) is 43.5 Å². The van der Waals surface area contributed by atoms with Crippen LogP contribution in [0.2, 0.25) is 0 Å². The van der Waals surface area contributed by atoms with Gasteiger partial charge in [-0.15, -0.1) is 5.10 Å². The number of hydrogen-bond acceptors (Lipinski definition) is 6. The van der Waals surface area contributed by atoms with Crippen LogP contribution in [-0.4, -0.2) is 31.8 Å². The average molecular weight is 359 g/mol. The first-order chi connectivity index (χ1) is 12.0. The highest BCUT2D eigenvalue weighted by Gasteiger charge is 2.21. The summed E-state index contributed by atoms with van der Waals surface area (Å²) in [4.78, 5) is 0.0907. The Morgan fingerprint density at radius 2 is 1.68 bits per heavy atom. The highest BCUT2D eigenvalue weighted by atomic mass is 32.2. The predicted octanol–water partition coefficient (Wildman–Crippen LogP) is 2.39. The van der Waals surface area contributed by atoms with Crippen LogP contribution in [0.4, 0.5) is 5.82 Å². The van der Waals surface area contributed by atoms with E-state index in [1.807, 2.05) is 0 Å². The number of methoxy groups -OCH3 is 2. The first kappa shape index (κ1) is 16.8. The quantitative estimate of drug-likeness (QED) is 0.751. The number of nitrogens with two attached hydrogens (primary N) is 1. The smallest absolute Gasteiger partial charge is 0.283 e. The van der Waals surface area contributed by atoms with Crippen molar-refractivity contribution in [1.29, 1.82) is 0 Å². The molecule has 0 aliphatic rings. The van der Waals surface area contributed by atoms with E-state index in [1.165, 1.54) is 25.4 Å². The largest absolute Gasteiger partial charge is 0.497 e. The molecule has 0 aliphatic carbocycles. The Hall–Kier alpha value is -3.00. The van der Waals surface area contributed by atoms with E-state index in [2.05, 4.69) is 5.10 Å². The lowest BCUT2D eigenvalue weighted by Crippen LogP contribution is -2.13. The molecule has 1 heterocycles. The molecule has 7 nitrogen and oxygen atoms in total. The van der Waals surface area contributed by atoms with Gasteiger partial charge in [-0.05, 0) is 42.0 Å². The van der Waals surface area contributed by atoms with Gasteiger partial charge in [-0.2, -0.15) is 12.5 Å². The summed E-state index contributed by atoms with van der Waals surface area (Å²) in [7, 11) is -0.783. The summed E-state index contributed by atoms with van der Waals surface area (Å²) in [6.07, 6.45) is 1.39. The van der Waals surface area contributed by atoms with E-state index in [9.17, 15) is 8.42 Å². The van der Waals surface area contributed by atoms with Crippen LogP contribution in [0.25, 0.3) is 11.1 Å². The number of aromatic nitrogens is 2. The molecule has 0 bridgehead atoms. The summed E-state index contributed by atoms with van der Waals surface area (Å²) in [5, 5.41) is 3.97. The van der Waals surface area contributed by atoms with E-state index in [0.717, 1.165) is 4.09 Å². The number of hydrogen-bond donors (Lipinski definition) is 1. The van der Waals surface area contributed by atoms with Crippen LogP contribution in [0.5, 0.6) is 11.5 Å². The lowest BCUT2D eigenvalue weighted by atomic mass is 10.1. The third kappa shape index (κ3) is 3.16. The van der Waals surface area contributed by atoms with E-state index in [4.69, 9.17) is 15.2 Å². The van der Waals surface area contributed by atoms with Gasteiger partial charge in [-0.1, -0.05) is 12.1 Å². The highest BCUT2D eigenvalue weighted by Crippen LogP contribution is 2.29. The Morgan fingerprint density at radius 1 is 1.00 bits per heavy atom. The van der Waals surface area contributed by atoms with Crippen LogP contribution >= 0.6 is 0 Å². The summed E-state index contributed by atoms with van der Waals surface area (Å²) < 4.78 is 36.6. The topological polar surface area (TPSA) is 96.4 Å². The maximum Gasteiger partial charge on any atom is 0.283 e. The Balaban J connectivity index is 2.03. The second-order valence-corrected chi connectivity index (χ2v) is 7.01. The van der Waals surface area contributed by atoms with Crippen molar-refractivity contribution in [2.24, 2.45) is 0 Å². The predicted molar refractivity (Wildman–Crippen MR) is 94.2 cm³/mol. The summed E-state index contributed by atoms with van der Waals surface area (Å²) >= 11 is 0. The molecule has 3 aromatic rings. The van der Waals surface area contributed by atoms with Gasteiger partial charge in [0.15, 0.2) is 5.82 Å². The normalized spacial score (nSPS) is 11.3. The summed E-state index contributed by atoms with van der Waals surface area (Å²) in [5.41, 5.74) is 7.15. The minimum Gasteiger partial charge on any atom is -0.497 e. The molecule has 3 rings (SSSR count). The average Bonchev–Trinajstić information content (AvgIpc) is 3.04. The lowest BCUT2D eigenvalue weighted by Gasteiger charge is -2.05. The molecule has 0 spiro atoms. The van der Waals surface area contributed by atoms with Gasteiger partial charge in [-0.3, -0.25) is 0 Å². The van der Waals surface area contributed by atoms with Crippen LogP contribution in [-0.2, 0) is 10.0 Å². The van der Waals surface area contributed by atoms with Crippen molar-refractivity contribution in [2.75, 3.05) is 20.0 Å². The van der Waals surface area contributed by atoms with Crippen LogP contribution < -0.4 is 15.2 Å². The zero-order chi connectivity index (χ0) is 18.0. The first-order valence-corrected chi connectivity index (χ1v) is 8.79. The third-order valence-corrected chi connectivity index (χ3v) is 5.25. The van der Waals surface area contributed by atoms with Crippen molar-refractivity contribution in [2.45, 2.75) is 4.90 Å². The van der Waals surface area contributed by atoms with Crippen molar-refractivity contribution in [1.82, 2.24) is 9.19 Å². The molecule has 0 aliphatic heterocycles. The van der Waals surface area contributed by atoms with Gasteiger partial charge in [0.05, 0.1) is 25.3 Å². The van der Waals surface area contributed by atoms with Crippen LogP contribution in [0.15, 0.2) is 59.6 Å². The molecule has 2 N–H and O–H groups in total. The van der Waals surface area contributed by atoms with Crippen molar-refractivity contribution in [3.05, 3.63) is 54.7 Å². The van der Waals surface area contributed by atoms with E-state index >= 15 is 0 Å². The number of anilines is 1. The number of nitrogen functional groups attached to an aromatic ring is 1. The Bertz CT molecular complexity index is 995. The van der Waals surface area contributed by atoms with Crippen LogP contribution in [0, 0.1) is 0 Å². The highest BCUT2D eigenvalue weighted by molar-refractivity contribution is 7.89. The maximum atomic E-state index is 12.7. The number of nitrogens with zero attached hydrogens (tertiary/aromatic N) is 2. The molecule has 0 saturated carbocycles. The fourth-order valence-corrected chi connectivity index (χ4v) is 3.49. The van der Waals surface area contributed by atoms with E-state index in [-0.39, 0.29) is 10.7 Å². The summed E-state index contributed by atoms with van der Waals surface area (Å²) in [6, 6.07) is 13.2. The van der Waals surface area contributed by atoms with Gasteiger partial charge in [-0.25, -0.2) is 0 Å². The Morgan fingerprint density at radius 3 is 2.32 bits per heavy atom. The Kier molecular flexibility index (Phi) is 4.37. The van der Waals surface area contributed by atoms with Crippen molar-refractivity contribution in [3.63, 3.8) is 0 Å². The van der Waals surface area contributed by atoms with Gasteiger partial charge in [0.25, 0.3) is 10.0 Å². The zero-order valence-corrected chi connectivity index (χ0v) is 14.5. The van der Waals surface area contributed by atoms with E-state index in [0.29, 0.717) is 22.6 Å². The molecule has 2 aromatic carbocycles. The molecule has 0 saturated heterocycles. The third-order valence-electron chi connectivity index (χ3n) is 3.71. The minimum absolute atomic E-state index is 0.0907. The van der Waals surface area contributed by atoms with Gasteiger partial charge >= 0.3 is 0 Å². The molecule has 0 atom stereocenters. The molecule has 0 unspecified atom stereocenters. The molecule has 25 heavy (non-hydrogen) atoms. The van der Waals surface area contributed by atoms with Crippen LogP contribution in [0.3, 0.4) is 0 Å². The maximum absolute atomic E-state index is 12.7. The number of benzene rings is 2. The standard InChI is InChI=1S/C17H17N3O4S/c1-23-13-6-8-15(9-7-13)25(21,22)20-11-16(17(18)19-20)12-4-3-5-14(10-12)24-2/h3-11H,1-2H3,(H2,18,19). The number of rotatable bonds is 5. The molecular weight excluding hydrogens is 342 g/mol. The SMILES string of the molecule is COc1ccc(S(=O)(=O)n2cc(-c3cccc(OC)c3)c(N)n2)cc1. The number of ether oxygens (including phenoxy) is 2. The second kappa shape index (κ2) is 6.48. The first-order valence-electron chi connectivity index (χ1n) is 7.35. The minimum atomic E-state index is -3.85. The fraction of sp³-hybridized carbons (Fsp3) is 0.118. The fourth-order valence-electron chi connectivity index (χ4n) is 2.36. The zero-order valence-electron chi connectivity index (χ0n) is 13.7. The van der Waals surface area contributed by atoms with Crippen molar-refractivity contribution < 1.29 is 17.9 Å². The summed E-state index contributed by atoms with van der Waals surface area (Å²) in [6.45, 7) is 0. The molecule has 1 aromatic heterocycles. The molecule has 130 valence electrons. The van der Waals surface area contributed by atoms with Gasteiger partial charge < -0.3 is 15.2 Å². The van der Waals surface area contributed by atoms with Gasteiger partial charge in [0.2, 0.25) is 0 Å². The molecule has 0 amide bonds. The van der Waals surface area contributed by atoms with Crippen LogP contribution in [0.1, 0.15) is 0 Å².